The van der Waals surface area contributed by atoms with Gasteiger partial charge in [0.05, 0.1) is 5.56 Å². The highest BCUT2D eigenvalue weighted by Gasteiger charge is 2.32. The number of amides is 1. The lowest BCUT2D eigenvalue weighted by Crippen LogP contribution is -2.56. The molecule has 1 heterocycles. The predicted molar refractivity (Wildman–Crippen MR) is 117 cm³/mol. The molecule has 1 saturated heterocycles. The highest BCUT2D eigenvalue weighted by molar-refractivity contribution is 6.02. The Labute approximate surface area is 184 Å². The van der Waals surface area contributed by atoms with E-state index < -0.39 is 11.7 Å². The third kappa shape index (κ3) is 4.63. The van der Waals surface area contributed by atoms with Crippen LogP contribution in [0.2, 0.25) is 0 Å². The zero-order valence-electron chi connectivity index (χ0n) is 17.6. The second-order valence-corrected chi connectivity index (χ2v) is 8.29. The number of nitrogens with one attached hydrogen (secondary N) is 1. The van der Waals surface area contributed by atoms with Gasteiger partial charge in [-0.2, -0.15) is 13.2 Å². The molecule has 0 spiro atoms. The second kappa shape index (κ2) is 8.90. The molecule has 3 aromatic rings. The summed E-state index contributed by atoms with van der Waals surface area (Å²) in [7, 11) is 0. The summed E-state index contributed by atoms with van der Waals surface area (Å²) >= 11 is 0. The van der Waals surface area contributed by atoms with Gasteiger partial charge in [0.25, 0.3) is 5.91 Å². The van der Waals surface area contributed by atoms with Crippen molar-refractivity contribution in [3.63, 3.8) is 0 Å². The zero-order valence-corrected chi connectivity index (χ0v) is 17.6. The first-order chi connectivity index (χ1) is 15.3. The number of alkyl halides is 4. The van der Waals surface area contributed by atoms with Gasteiger partial charge in [0, 0.05) is 37.2 Å². The van der Waals surface area contributed by atoms with Crippen molar-refractivity contribution < 1.29 is 22.4 Å². The second-order valence-electron chi connectivity index (χ2n) is 8.29. The molecule has 1 fully saturated rings. The molecule has 1 aliphatic heterocycles. The SMILES string of the molecule is CC(NC(=O)c1ccc2c(-c3ccc(C(F)(F)F)cc3)cccc2c1)C1CN(CCF)C1. The van der Waals surface area contributed by atoms with E-state index in [1.165, 1.54) is 12.1 Å². The minimum absolute atomic E-state index is 0.0208. The molecule has 4 rings (SSSR count). The van der Waals surface area contributed by atoms with Crippen LogP contribution in [0, 0.1) is 5.92 Å². The molecule has 7 heteroatoms. The van der Waals surface area contributed by atoms with Crippen molar-refractivity contribution in [2.24, 2.45) is 5.92 Å². The third-order valence-corrected chi connectivity index (χ3v) is 6.12. The van der Waals surface area contributed by atoms with Gasteiger partial charge in [-0.05, 0) is 53.1 Å². The molecular formula is C25H24F4N2O. The molecule has 1 atom stereocenters. The van der Waals surface area contributed by atoms with Crippen molar-refractivity contribution in [2.75, 3.05) is 26.3 Å². The molecule has 3 aromatic carbocycles. The van der Waals surface area contributed by atoms with E-state index in [0.29, 0.717) is 23.6 Å². The number of rotatable bonds is 6. The van der Waals surface area contributed by atoms with Crippen LogP contribution in [-0.4, -0.2) is 43.2 Å². The van der Waals surface area contributed by atoms with Crippen molar-refractivity contribution in [1.29, 1.82) is 0 Å². The van der Waals surface area contributed by atoms with Crippen molar-refractivity contribution in [1.82, 2.24) is 10.2 Å². The molecule has 1 N–H and O–H groups in total. The van der Waals surface area contributed by atoms with E-state index in [9.17, 15) is 22.4 Å². The fraction of sp³-hybridized carbons (Fsp3) is 0.320. The largest absolute Gasteiger partial charge is 0.416 e. The Balaban J connectivity index is 1.51. The van der Waals surface area contributed by atoms with Crippen molar-refractivity contribution >= 4 is 16.7 Å². The number of fused-ring (bicyclic) bond motifs is 1. The third-order valence-electron chi connectivity index (χ3n) is 6.12. The number of likely N-dealkylation sites (tertiary alicyclic amines) is 1. The van der Waals surface area contributed by atoms with E-state index in [2.05, 4.69) is 5.32 Å². The van der Waals surface area contributed by atoms with E-state index in [4.69, 9.17) is 0 Å². The summed E-state index contributed by atoms with van der Waals surface area (Å²) in [5.41, 5.74) is 1.32. The van der Waals surface area contributed by atoms with Crippen LogP contribution >= 0.6 is 0 Å². The molecular weight excluding hydrogens is 420 g/mol. The molecule has 168 valence electrons. The summed E-state index contributed by atoms with van der Waals surface area (Å²) in [4.78, 5) is 14.8. The molecule has 3 nitrogen and oxygen atoms in total. The van der Waals surface area contributed by atoms with E-state index in [0.717, 1.165) is 41.6 Å². The Kier molecular flexibility index (Phi) is 6.20. The number of benzene rings is 3. The molecule has 1 aliphatic rings. The summed E-state index contributed by atoms with van der Waals surface area (Å²) in [5, 5.41) is 4.72. The lowest BCUT2D eigenvalue weighted by Gasteiger charge is -2.42. The van der Waals surface area contributed by atoms with Gasteiger partial charge in [-0.25, -0.2) is 4.39 Å². The number of carbonyl (C=O) groups is 1. The summed E-state index contributed by atoms with van der Waals surface area (Å²) < 4.78 is 51.0. The Hall–Kier alpha value is -2.93. The van der Waals surface area contributed by atoms with Gasteiger partial charge in [0.1, 0.15) is 6.67 Å². The summed E-state index contributed by atoms with van der Waals surface area (Å²) in [6, 6.07) is 16.0. The lowest BCUT2D eigenvalue weighted by atomic mass is 9.92. The Bertz CT molecular complexity index is 1110. The van der Waals surface area contributed by atoms with Crippen LogP contribution in [0.3, 0.4) is 0 Å². The fourth-order valence-corrected chi connectivity index (χ4v) is 4.15. The summed E-state index contributed by atoms with van der Waals surface area (Å²) in [6.07, 6.45) is -4.37. The predicted octanol–water partition coefficient (Wildman–Crippen LogP) is 5.55. The van der Waals surface area contributed by atoms with Gasteiger partial charge in [0.15, 0.2) is 0 Å². The van der Waals surface area contributed by atoms with E-state index >= 15 is 0 Å². The number of carbonyl (C=O) groups excluding carboxylic acids is 1. The van der Waals surface area contributed by atoms with Crippen LogP contribution in [0.1, 0.15) is 22.8 Å². The number of nitrogens with zero attached hydrogens (tertiary/aromatic N) is 1. The maximum Gasteiger partial charge on any atom is 0.416 e. The van der Waals surface area contributed by atoms with Gasteiger partial charge >= 0.3 is 6.18 Å². The first kappa shape index (κ1) is 22.3. The minimum atomic E-state index is -4.37. The number of halogens is 4. The van der Waals surface area contributed by atoms with E-state index in [1.54, 1.807) is 12.1 Å². The molecule has 1 amide bonds. The maximum atomic E-state index is 12.9. The van der Waals surface area contributed by atoms with E-state index in [1.807, 2.05) is 36.1 Å². The van der Waals surface area contributed by atoms with Crippen LogP contribution in [0.25, 0.3) is 21.9 Å². The van der Waals surface area contributed by atoms with Crippen molar-refractivity contribution in [3.8, 4) is 11.1 Å². The molecule has 0 radical (unpaired) electrons. The molecule has 0 saturated carbocycles. The highest BCUT2D eigenvalue weighted by Crippen LogP contribution is 2.33. The number of hydrogen-bond acceptors (Lipinski definition) is 2. The van der Waals surface area contributed by atoms with Gasteiger partial charge in [0.2, 0.25) is 0 Å². The first-order valence-electron chi connectivity index (χ1n) is 10.6. The smallest absolute Gasteiger partial charge is 0.349 e. The Morgan fingerprint density at radius 3 is 2.47 bits per heavy atom. The zero-order chi connectivity index (χ0) is 22.9. The number of hydrogen-bond donors (Lipinski definition) is 1. The monoisotopic (exact) mass is 444 g/mol. The van der Waals surface area contributed by atoms with Crippen LogP contribution < -0.4 is 5.32 Å². The van der Waals surface area contributed by atoms with Gasteiger partial charge in [-0.1, -0.05) is 36.4 Å². The van der Waals surface area contributed by atoms with Crippen LogP contribution in [0.4, 0.5) is 17.6 Å². The standard InChI is InChI=1S/C25H24F4N2O/c1-16(20-14-31(15-20)12-11-26)30-24(32)19-7-10-23-18(13-19)3-2-4-22(23)17-5-8-21(9-6-17)25(27,28)29/h2-10,13,16,20H,11-12,14-15H2,1H3,(H,30,32). The van der Waals surface area contributed by atoms with Gasteiger partial charge in [-0.15, -0.1) is 0 Å². The summed E-state index contributed by atoms with van der Waals surface area (Å²) in [5.74, 6) is 0.125. The Morgan fingerprint density at radius 2 is 1.81 bits per heavy atom. The minimum Gasteiger partial charge on any atom is -0.349 e. The topological polar surface area (TPSA) is 32.3 Å². The fourth-order valence-electron chi connectivity index (χ4n) is 4.15. The van der Waals surface area contributed by atoms with Crippen LogP contribution in [-0.2, 0) is 6.18 Å². The molecule has 0 aliphatic carbocycles. The van der Waals surface area contributed by atoms with Gasteiger partial charge < -0.3 is 5.32 Å². The van der Waals surface area contributed by atoms with E-state index in [-0.39, 0.29) is 18.6 Å². The highest BCUT2D eigenvalue weighted by atomic mass is 19.4. The Morgan fingerprint density at radius 1 is 1.09 bits per heavy atom. The average molecular weight is 444 g/mol. The lowest BCUT2D eigenvalue weighted by molar-refractivity contribution is -0.137. The molecule has 32 heavy (non-hydrogen) atoms. The van der Waals surface area contributed by atoms with Gasteiger partial charge in [-0.3, -0.25) is 9.69 Å². The first-order valence-corrected chi connectivity index (χ1v) is 10.6. The molecule has 1 unspecified atom stereocenters. The normalized spacial score (nSPS) is 16.0. The maximum absolute atomic E-state index is 12.9. The molecule has 0 aromatic heterocycles. The van der Waals surface area contributed by atoms with Crippen LogP contribution in [0.5, 0.6) is 0 Å². The van der Waals surface area contributed by atoms with Crippen molar-refractivity contribution in [2.45, 2.75) is 19.1 Å². The quantitative estimate of drug-likeness (QED) is 0.506. The van der Waals surface area contributed by atoms with Crippen LogP contribution in [0.15, 0.2) is 60.7 Å². The van der Waals surface area contributed by atoms with Crippen molar-refractivity contribution in [3.05, 3.63) is 71.8 Å². The average Bonchev–Trinajstić information content (AvgIpc) is 2.74. The summed E-state index contributed by atoms with van der Waals surface area (Å²) in [6.45, 7) is 3.58. The molecule has 0 bridgehead atoms.